The highest BCUT2D eigenvalue weighted by Gasteiger charge is 2.09. The molecule has 0 aliphatic rings. The number of carbonyl (C=O) groups is 1. The number of rotatable bonds is 4. The normalized spacial score (nSPS) is 10.6. The Kier molecular flexibility index (Phi) is 3.46. The summed E-state index contributed by atoms with van der Waals surface area (Å²) < 4.78 is 1.74. The minimum Gasteiger partial charge on any atom is -0.481 e. The summed E-state index contributed by atoms with van der Waals surface area (Å²) in [5, 5.41) is 12.9. The third-order valence-corrected chi connectivity index (χ3v) is 2.97. The summed E-state index contributed by atoms with van der Waals surface area (Å²) in [7, 11) is 0. The fourth-order valence-electron chi connectivity index (χ4n) is 1.97. The number of aromatic nitrogens is 2. The van der Waals surface area contributed by atoms with Gasteiger partial charge in [0.1, 0.15) is 0 Å². The number of aryl methyl sites for hydroxylation is 2. The first kappa shape index (κ1) is 12.4. The first-order valence-electron chi connectivity index (χ1n) is 5.89. The molecule has 4 heteroatoms. The van der Waals surface area contributed by atoms with E-state index in [4.69, 9.17) is 5.11 Å². The van der Waals surface area contributed by atoms with Gasteiger partial charge in [-0.1, -0.05) is 29.8 Å². The lowest BCUT2D eigenvalue weighted by molar-refractivity contribution is -0.137. The molecule has 0 amide bonds. The molecule has 0 aliphatic carbocycles. The standard InChI is InChI=1S/C14H16N2O2/c1-10-4-3-5-12(8-10)13-9-15-16(11(13)2)7-6-14(17)18/h3-5,8-9H,6-7H2,1-2H3,(H,17,18). The highest BCUT2D eigenvalue weighted by Crippen LogP contribution is 2.23. The van der Waals surface area contributed by atoms with E-state index in [0.717, 1.165) is 16.8 Å². The Labute approximate surface area is 106 Å². The monoisotopic (exact) mass is 244 g/mol. The van der Waals surface area contributed by atoms with Crippen LogP contribution < -0.4 is 0 Å². The van der Waals surface area contributed by atoms with Crippen LogP contribution in [0, 0.1) is 13.8 Å². The first-order valence-corrected chi connectivity index (χ1v) is 5.89. The molecule has 1 aromatic heterocycles. The number of carboxylic acid groups (broad SMARTS) is 1. The fraction of sp³-hybridized carbons (Fsp3) is 0.286. The van der Waals surface area contributed by atoms with Crippen LogP contribution in [0.4, 0.5) is 0 Å². The van der Waals surface area contributed by atoms with Crippen molar-refractivity contribution in [2.75, 3.05) is 0 Å². The molecule has 0 saturated heterocycles. The second kappa shape index (κ2) is 5.04. The molecule has 0 saturated carbocycles. The van der Waals surface area contributed by atoms with E-state index >= 15 is 0 Å². The highest BCUT2D eigenvalue weighted by molar-refractivity contribution is 5.67. The van der Waals surface area contributed by atoms with Crippen molar-refractivity contribution in [3.05, 3.63) is 41.7 Å². The maximum atomic E-state index is 10.6. The Morgan fingerprint density at radius 3 is 2.83 bits per heavy atom. The Hall–Kier alpha value is -2.10. The summed E-state index contributed by atoms with van der Waals surface area (Å²) >= 11 is 0. The number of aliphatic carboxylic acids is 1. The van der Waals surface area contributed by atoms with E-state index in [0.29, 0.717) is 6.54 Å². The highest BCUT2D eigenvalue weighted by atomic mass is 16.4. The van der Waals surface area contributed by atoms with Gasteiger partial charge < -0.3 is 5.11 Å². The van der Waals surface area contributed by atoms with Crippen LogP contribution in [0.3, 0.4) is 0 Å². The summed E-state index contributed by atoms with van der Waals surface area (Å²) in [5.41, 5.74) is 4.38. The van der Waals surface area contributed by atoms with Crippen molar-refractivity contribution in [3.8, 4) is 11.1 Å². The lowest BCUT2D eigenvalue weighted by Crippen LogP contribution is -2.07. The molecule has 0 aliphatic heterocycles. The average molecular weight is 244 g/mol. The topological polar surface area (TPSA) is 55.1 Å². The van der Waals surface area contributed by atoms with E-state index in [2.05, 4.69) is 11.2 Å². The second-order valence-corrected chi connectivity index (χ2v) is 4.38. The Bertz CT molecular complexity index is 573. The number of hydrogen-bond acceptors (Lipinski definition) is 2. The zero-order chi connectivity index (χ0) is 13.1. The van der Waals surface area contributed by atoms with Gasteiger partial charge in [0.2, 0.25) is 0 Å². The summed E-state index contributed by atoms with van der Waals surface area (Å²) in [6.45, 7) is 4.42. The Balaban J connectivity index is 2.28. The van der Waals surface area contributed by atoms with Gasteiger partial charge in [0, 0.05) is 11.3 Å². The fourth-order valence-corrected chi connectivity index (χ4v) is 1.97. The van der Waals surface area contributed by atoms with E-state index in [9.17, 15) is 4.79 Å². The summed E-state index contributed by atoms with van der Waals surface area (Å²) in [5.74, 6) is -0.804. The molecule has 0 spiro atoms. The van der Waals surface area contributed by atoms with Gasteiger partial charge in [-0.3, -0.25) is 9.48 Å². The maximum Gasteiger partial charge on any atom is 0.305 e. The van der Waals surface area contributed by atoms with Gasteiger partial charge in [0.15, 0.2) is 0 Å². The predicted octanol–water partition coefficient (Wildman–Crippen LogP) is 2.64. The smallest absolute Gasteiger partial charge is 0.305 e. The minimum atomic E-state index is -0.804. The molecule has 0 radical (unpaired) electrons. The van der Waals surface area contributed by atoms with Crippen LogP contribution in [0.25, 0.3) is 11.1 Å². The molecule has 1 heterocycles. The van der Waals surface area contributed by atoms with Crippen LogP contribution in [-0.4, -0.2) is 20.9 Å². The summed E-state index contributed by atoms with van der Waals surface area (Å²) in [4.78, 5) is 10.6. The zero-order valence-corrected chi connectivity index (χ0v) is 10.6. The molecule has 4 nitrogen and oxygen atoms in total. The van der Waals surface area contributed by atoms with Gasteiger partial charge >= 0.3 is 5.97 Å². The van der Waals surface area contributed by atoms with Crippen molar-refractivity contribution in [3.63, 3.8) is 0 Å². The van der Waals surface area contributed by atoms with Crippen molar-refractivity contribution in [2.45, 2.75) is 26.8 Å². The van der Waals surface area contributed by atoms with Crippen LogP contribution in [0.1, 0.15) is 17.7 Å². The van der Waals surface area contributed by atoms with Gasteiger partial charge in [-0.05, 0) is 19.4 Å². The Morgan fingerprint density at radius 1 is 1.39 bits per heavy atom. The number of benzene rings is 1. The average Bonchev–Trinajstić information content (AvgIpc) is 2.68. The molecule has 0 unspecified atom stereocenters. The lowest BCUT2D eigenvalue weighted by atomic mass is 10.0. The SMILES string of the molecule is Cc1cccc(-c2cnn(CCC(=O)O)c2C)c1. The van der Waals surface area contributed by atoms with Crippen molar-refractivity contribution >= 4 is 5.97 Å². The number of carboxylic acids is 1. The molecule has 2 rings (SSSR count). The van der Waals surface area contributed by atoms with E-state index < -0.39 is 5.97 Å². The maximum absolute atomic E-state index is 10.6. The van der Waals surface area contributed by atoms with Crippen LogP contribution in [-0.2, 0) is 11.3 Å². The molecule has 1 N–H and O–H groups in total. The summed E-state index contributed by atoms with van der Waals surface area (Å²) in [6.07, 6.45) is 1.89. The van der Waals surface area contributed by atoms with Crippen molar-refractivity contribution in [1.29, 1.82) is 0 Å². The Morgan fingerprint density at radius 2 is 2.17 bits per heavy atom. The third kappa shape index (κ3) is 2.59. The van der Waals surface area contributed by atoms with E-state index in [1.807, 2.05) is 32.0 Å². The van der Waals surface area contributed by atoms with Crippen LogP contribution in [0.15, 0.2) is 30.5 Å². The van der Waals surface area contributed by atoms with Gasteiger partial charge in [0.25, 0.3) is 0 Å². The second-order valence-electron chi connectivity index (χ2n) is 4.38. The van der Waals surface area contributed by atoms with Gasteiger partial charge in [-0.25, -0.2) is 0 Å². The molecule has 0 fully saturated rings. The molecule has 2 aromatic rings. The first-order chi connectivity index (χ1) is 8.58. The van der Waals surface area contributed by atoms with Gasteiger partial charge in [0.05, 0.1) is 19.2 Å². The van der Waals surface area contributed by atoms with Crippen molar-refractivity contribution in [2.24, 2.45) is 0 Å². The summed E-state index contributed by atoms with van der Waals surface area (Å²) in [6, 6.07) is 8.20. The zero-order valence-electron chi connectivity index (χ0n) is 10.6. The van der Waals surface area contributed by atoms with Gasteiger partial charge in [-0.2, -0.15) is 5.10 Å². The van der Waals surface area contributed by atoms with Crippen LogP contribution >= 0.6 is 0 Å². The van der Waals surface area contributed by atoms with Crippen LogP contribution in [0.2, 0.25) is 0 Å². The molecule has 1 aromatic carbocycles. The van der Waals surface area contributed by atoms with Crippen molar-refractivity contribution < 1.29 is 9.90 Å². The lowest BCUT2D eigenvalue weighted by Gasteiger charge is -2.04. The number of nitrogens with zero attached hydrogens (tertiary/aromatic N) is 2. The molecule has 0 bridgehead atoms. The quantitative estimate of drug-likeness (QED) is 0.899. The van der Waals surface area contributed by atoms with E-state index in [-0.39, 0.29) is 6.42 Å². The van der Waals surface area contributed by atoms with E-state index in [1.165, 1.54) is 5.56 Å². The van der Waals surface area contributed by atoms with Gasteiger partial charge in [-0.15, -0.1) is 0 Å². The van der Waals surface area contributed by atoms with E-state index in [1.54, 1.807) is 10.9 Å². The molecular formula is C14H16N2O2. The molecular weight excluding hydrogens is 228 g/mol. The minimum absolute atomic E-state index is 0.0930. The largest absolute Gasteiger partial charge is 0.481 e. The predicted molar refractivity (Wildman–Crippen MR) is 69.4 cm³/mol. The molecule has 94 valence electrons. The third-order valence-electron chi connectivity index (χ3n) is 2.97. The van der Waals surface area contributed by atoms with Crippen molar-refractivity contribution in [1.82, 2.24) is 9.78 Å². The number of hydrogen-bond donors (Lipinski definition) is 1. The molecule has 0 atom stereocenters. The molecule has 18 heavy (non-hydrogen) atoms. The van der Waals surface area contributed by atoms with Crippen LogP contribution in [0.5, 0.6) is 0 Å².